The Bertz CT molecular complexity index is 1170. The normalized spacial score (nSPS) is 12.2. The van der Waals surface area contributed by atoms with Gasteiger partial charge in [0.1, 0.15) is 11.6 Å². The molecule has 0 aliphatic heterocycles. The topological polar surface area (TPSA) is 59.1 Å². The van der Waals surface area contributed by atoms with E-state index in [4.69, 9.17) is 0 Å². The second-order valence-corrected chi connectivity index (χ2v) is 11.2. The predicted octanol–water partition coefficient (Wildman–Crippen LogP) is 6.09. The fourth-order valence-corrected chi connectivity index (χ4v) is 5.34. The average Bonchev–Trinajstić information content (AvgIpc) is 2.98. The minimum atomic E-state index is -4.69. The van der Waals surface area contributed by atoms with Gasteiger partial charge >= 0.3 is 0 Å². The quantitative estimate of drug-likeness (QED) is 0.467. The highest BCUT2D eigenvalue weighted by Crippen LogP contribution is 2.40. The third-order valence-corrected chi connectivity index (χ3v) is 7.46. The summed E-state index contributed by atoms with van der Waals surface area (Å²) in [6.07, 6.45) is 0. The van der Waals surface area contributed by atoms with Gasteiger partial charge in [-0.1, -0.05) is 32.9 Å². The van der Waals surface area contributed by atoms with Crippen LogP contribution in [0.5, 0.6) is 0 Å². The van der Waals surface area contributed by atoms with Crippen LogP contribution in [0.4, 0.5) is 18.9 Å². The third-order valence-electron chi connectivity index (χ3n) is 3.91. The van der Waals surface area contributed by atoms with Crippen molar-refractivity contribution in [1.82, 2.24) is 4.98 Å². The molecule has 154 valence electrons. The summed E-state index contributed by atoms with van der Waals surface area (Å²) < 4.78 is 70.4. The third kappa shape index (κ3) is 4.34. The average molecular weight is 505 g/mol. The first kappa shape index (κ1) is 21.8. The van der Waals surface area contributed by atoms with E-state index < -0.39 is 38.1 Å². The highest BCUT2D eigenvalue weighted by molar-refractivity contribution is 9.11. The zero-order valence-electron chi connectivity index (χ0n) is 15.6. The molecule has 0 atom stereocenters. The molecule has 0 bridgehead atoms. The molecule has 0 radical (unpaired) electrons. The number of nitrogens with one attached hydrogen (secondary N) is 1. The van der Waals surface area contributed by atoms with Crippen LogP contribution >= 0.6 is 27.3 Å². The summed E-state index contributed by atoms with van der Waals surface area (Å²) in [6.45, 7) is 5.89. The number of hydrogen-bond donors (Lipinski definition) is 1. The van der Waals surface area contributed by atoms with Crippen molar-refractivity contribution in [3.63, 3.8) is 0 Å². The standard InChI is InChI=1S/C19H16BrF3N2O2S2/c1-19(2,3)18-24-15(17(20)28-18)10-6-4-9-13(14(10)23)25-29(26,27)16-11(21)7-5-8-12(16)22/h4-9,25H,1-3H3. The Hall–Kier alpha value is -1.91. The van der Waals surface area contributed by atoms with E-state index in [9.17, 15) is 17.2 Å². The Kier molecular flexibility index (Phi) is 5.81. The summed E-state index contributed by atoms with van der Waals surface area (Å²) in [4.78, 5) is 3.30. The van der Waals surface area contributed by atoms with Crippen LogP contribution in [-0.2, 0) is 15.4 Å². The van der Waals surface area contributed by atoms with Crippen LogP contribution in [0.25, 0.3) is 11.3 Å². The molecule has 0 unspecified atom stereocenters. The molecular formula is C19H16BrF3N2O2S2. The van der Waals surface area contributed by atoms with Gasteiger partial charge in [0.15, 0.2) is 10.7 Å². The minimum Gasteiger partial charge on any atom is -0.276 e. The maximum atomic E-state index is 15.1. The van der Waals surface area contributed by atoms with Crippen LogP contribution in [0.2, 0.25) is 0 Å². The first-order valence-corrected chi connectivity index (χ1v) is 11.4. The van der Waals surface area contributed by atoms with Gasteiger partial charge in [-0.3, -0.25) is 4.72 Å². The van der Waals surface area contributed by atoms with Gasteiger partial charge in [0.2, 0.25) is 0 Å². The highest BCUT2D eigenvalue weighted by atomic mass is 79.9. The molecule has 1 aromatic heterocycles. The van der Waals surface area contributed by atoms with Crippen molar-refractivity contribution in [2.45, 2.75) is 31.1 Å². The lowest BCUT2D eigenvalue weighted by Gasteiger charge is -2.14. The number of sulfonamides is 1. The van der Waals surface area contributed by atoms with Crippen LogP contribution < -0.4 is 4.72 Å². The second kappa shape index (κ2) is 7.73. The Morgan fingerprint density at radius 2 is 1.62 bits per heavy atom. The molecule has 10 heteroatoms. The minimum absolute atomic E-state index is 0.0535. The molecule has 0 spiro atoms. The molecule has 4 nitrogen and oxygen atoms in total. The van der Waals surface area contributed by atoms with E-state index in [2.05, 4.69) is 20.9 Å². The number of hydrogen-bond acceptors (Lipinski definition) is 4. The summed E-state index contributed by atoms with van der Waals surface area (Å²) in [5.74, 6) is -3.45. The van der Waals surface area contributed by atoms with Gasteiger partial charge in [0.25, 0.3) is 10.0 Å². The summed E-state index contributed by atoms with van der Waals surface area (Å²) >= 11 is 4.72. The van der Waals surface area contributed by atoms with E-state index in [1.807, 2.05) is 25.5 Å². The lowest BCUT2D eigenvalue weighted by molar-refractivity contribution is 0.521. The molecule has 2 aromatic carbocycles. The van der Waals surface area contributed by atoms with E-state index in [1.165, 1.54) is 29.5 Å². The van der Waals surface area contributed by atoms with Gasteiger partial charge in [0.05, 0.1) is 20.2 Å². The van der Waals surface area contributed by atoms with Crippen molar-refractivity contribution >= 4 is 43.0 Å². The number of anilines is 1. The zero-order chi connectivity index (χ0) is 21.6. The molecule has 1 heterocycles. The molecule has 0 saturated carbocycles. The molecule has 0 aliphatic carbocycles. The number of benzene rings is 2. The van der Waals surface area contributed by atoms with Gasteiger partial charge in [0, 0.05) is 11.0 Å². The van der Waals surface area contributed by atoms with Crippen molar-refractivity contribution in [2.24, 2.45) is 0 Å². The number of halogens is 4. The molecule has 29 heavy (non-hydrogen) atoms. The maximum Gasteiger partial charge on any atom is 0.267 e. The summed E-state index contributed by atoms with van der Waals surface area (Å²) in [5.41, 5.74) is -0.334. The lowest BCUT2D eigenvalue weighted by atomic mass is 9.98. The SMILES string of the molecule is CC(C)(C)c1nc(-c2cccc(NS(=O)(=O)c3c(F)cccc3F)c2F)c(Br)s1. The van der Waals surface area contributed by atoms with Crippen molar-refractivity contribution in [3.8, 4) is 11.3 Å². The molecule has 0 aliphatic rings. The van der Waals surface area contributed by atoms with Crippen LogP contribution in [0.15, 0.2) is 45.1 Å². The Labute approximate surface area is 179 Å². The summed E-state index contributed by atoms with van der Waals surface area (Å²) in [6, 6.07) is 6.70. The molecule has 0 fully saturated rings. The highest BCUT2D eigenvalue weighted by Gasteiger charge is 2.27. The van der Waals surface area contributed by atoms with Crippen LogP contribution in [0.1, 0.15) is 25.8 Å². The van der Waals surface area contributed by atoms with E-state index in [-0.39, 0.29) is 11.0 Å². The molecule has 0 saturated heterocycles. The first-order valence-electron chi connectivity index (χ1n) is 8.34. The monoisotopic (exact) mass is 504 g/mol. The predicted molar refractivity (Wildman–Crippen MR) is 111 cm³/mol. The van der Waals surface area contributed by atoms with Crippen molar-refractivity contribution in [2.75, 3.05) is 4.72 Å². The summed E-state index contributed by atoms with van der Waals surface area (Å²) in [5, 5.41) is 0.762. The fraction of sp³-hybridized carbons (Fsp3) is 0.211. The maximum absolute atomic E-state index is 15.1. The second-order valence-electron chi connectivity index (χ2n) is 7.21. The number of nitrogens with zero attached hydrogens (tertiary/aromatic N) is 1. The van der Waals surface area contributed by atoms with E-state index >= 15 is 4.39 Å². The number of aromatic nitrogens is 1. The molecule has 3 rings (SSSR count). The van der Waals surface area contributed by atoms with Gasteiger partial charge in [-0.2, -0.15) is 0 Å². The molecular weight excluding hydrogens is 489 g/mol. The van der Waals surface area contributed by atoms with Crippen LogP contribution in [0, 0.1) is 17.5 Å². The van der Waals surface area contributed by atoms with Gasteiger partial charge < -0.3 is 0 Å². The van der Waals surface area contributed by atoms with Gasteiger partial charge in [-0.15, -0.1) is 11.3 Å². The van der Waals surface area contributed by atoms with E-state index in [0.717, 1.165) is 23.2 Å². The fourth-order valence-electron chi connectivity index (χ4n) is 2.52. The Morgan fingerprint density at radius 1 is 1.03 bits per heavy atom. The number of thiazole rings is 1. The van der Waals surface area contributed by atoms with Gasteiger partial charge in [-0.05, 0) is 40.2 Å². The van der Waals surface area contributed by atoms with E-state index in [1.54, 1.807) is 0 Å². The number of rotatable bonds is 4. The van der Waals surface area contributed by atoms with Crippen LogP contribution in [-0.4, -0.2) is 13.4 Å². The van der Waals surface area contributed by atoms with Crippen molar-refractivity contribution in [1.29, 1.82) is 0 Å². The molecule has 0 amide bonds. The zero-order valence-corrected chi connectivity index (χ0v) is 18.8. The first-order chi connectivity index (χ1) is 13.4. The van der Waals surface area contributed by atoms with Gasteiger partial charge in [-0.25, -0.2) is 26.6 Å². The Balaban J connectivity index is 2.06. The van der Waals surface area contributed by atoms with Crippen LogP contribution in [0.3, 0.4) is 0 Å². The largest absolute Gasteiger partial charge is 0.276 e. The van der Waals surface area contributed by atoms with Crippen molar-refractivity contribution in [3.05, 3.63) is 62.6 Å². The van der Waals surface area contributed by atoms with E-state index in [0.29, 0.717) is 9.48 Å². The summed E-state index contributed by atoms with van der Waals surface area (Å²) in [7, 11) is -4.69. The molecule has 3 aromatic rings. The molecule has 1 N–H and O–H groups in total. The van der Waals surface area contributed by atoms with Crippen molar-refractivity contribution < 1.29 is 21.6 Å². The lowest BCUT2D eigenvalue weighted by Crippen LogP contribution is -2.17. The Morgan fingerprint density at radius 3 is 2.17 bits per heavy atom. The smallest absolute Gasteiger partial charge is 0.267 e.